The van der Waals surface area contributed by atoms with E-state index in [1.807, 2.05) is 37.3 Å². The monoisotopic (exact) mass is 337 g/mol. The van der Waals surface area contributed by atoms with Gasteiger partial charge in [-0.3, -0.25) is 9.59 Å². The number of carbonyl (C=O) groups excluding carboxylic acids is 2. The number of carbonyl (C=O) groups is 2. The second-order valence-electron chi connectivity index (χ2n) is 6.16. The van der Waals surface area contributed by atoms with Crippen molar-refractivity contribution >= 4 is 17.4 Å². The lowest BCUT2D eigenvalue weighted by atomic mass is 9.94. The van der Waals surface area contributed by atoms with Crippen molar-refractivity contribution in [3.63, 3.8) is 0 Å². The summed E-state index contributed by atoms with van der Waals surface area (Å²) in [4.78, 5) is 27.7. The Labute approximate surface area is 148 Å². The average Bonchev–Trinajstić information content (AvgIpc) is 2.67. The number of nitrogens with one attached hydrogen (secondary N) is 2. The highest BCUT2D eigenvalue weighted by Gasteiger charge is 2.25. The molecule has 1 heterocycles. The highest BCUT2D eigenvalue weighted by atomic mass is 16.1. The minimum Gasteiger partial charge on any atom is -0.368 e. The van der Waals surface area contributed by atoms with E-state index in [0.29, 0.717) is 16.7 Å². The van der Waals surface area contributed by atoms with E-state index >= 15 is 0 Å². The third-order valence-electron chi connectivity index (χ3n) is 4.58. The van der Waals surface area contributed by atoms with Crippen LogP contribution in [0.4, 0.5) is 5.69 Å². The lowest BCUT2D eigenvalue weighted by Crippen LogP contribution is -2.45. The van der Waals surface area contributed by atoms with Gasteiger partial charge in [-0.1, -0.05) is 30.3 Å². The summed E-state index contributed by atoms with van der Waals surface area (Å²) < 4.78 is 0. The predicted octanol–water partition coefficient (Wildman–Crippen LogP) is 2.00. The van der Waals surface area contributed by atoms with Crippen LogP contribution < -0.4 is 15.5 Å². The zero-order valence-corrected chi connectivity index (χ0v) is 14.6. The van der Waals surface area contributed by atoms with Gasteiger partial charge in [0.1, 0.15) is 0 Å². The van der Waals surface area contributed by atoms with Crippen molar-refractivity contribution in [2.45, 2.75) is 6.92 Å². The maximum absolute atomic E-state index is 13.2. The lowest BCUT2D eigenvalue weighted by molar-refractivity contribution is 0.0963. The van der Waals surface area contributed by atoms with Crippen molar-refractivity contribution in [1.29, 1.82) is 0 Å². The van der Waals surface area contributed by atoms with Crippen LogP contribution in [-0.2, 0) is 0 Å². The molecule has 0 atom stereocenters. The fourth-order valence-corrected chi connectivity index (χ4v) is 3.25. The van der Waals surface area contributed by atoms with Gasteiger partial charge in [0.25, 0.3) is 5.91 Å². The van der Waals surface area contributed by atoms with Gasteiger partial charge in [-0.2, -0.15) is 0 Å². The number of nitrogens with zero attached hydrogens (tertiary/aromatic N) is 1. The third-order valence-corrected chi connectivity index (χ3v) is 4.58. The topological polar surface area (TPSA) is 61.4 Å². The van der Waals surface area contributed by atoms with Gasteiger partial charge in [0, 0.05) is 44.4 Å². The Kier molecular flexibility index (Phi) is 5.14. The normalized spacial score (nSPS) is 14.2. The minimum absolute atomic E-state index is 0.0441. The maximum atomic E-state index is 13.2. The quantitative estimate of drug-likeness (QED) is 0.838. The molecule has 1 saturated heterocycles. The maximum Gasteiger partial charge on any atom is 0.253 e. The highest BCUT2D eigenvalue weighted by molar-refractivity contribution is 6.16. The van der Waals surface area contributed by atoms with Crippen LogP contribution >= 0.6 is 0 Å². The van der Waals surface area contributed by atoms with Crippen LogP contribution in [0.5, 0.6) is 0 Å². The highest BCUT2D eigenvalue weighted by Crippen LogP contribution is 2.29. The van der Waals surface area contributed by atoms with Gasteiger partial charge in [-0.15, -0.1) is 0 Å². The first kappa shape index (κ1) is 17.2. The molecule has 5 nitrogen and oxygen atoms in total. The molecule has 0 spiro atoms. The molecule has 0 bridgehead atoms. The third kappa shape index (κ3) is 3.42. The summed E-state index contributed by atoms with van der Waals surface area (Å²) in [5, 5.41) is 6.00. The van der Waals surface area contributed by atoms with Gasteiger partial charge in [-0.05, 0) is 24.6 Å². The van der Waals surface area contributed by atoms with Crippen LogP contribution in [0, 0.1) is 6.92 Å². The summed E-state index contributed by atoms with van der Waals surface area (Å²) in [7, 11) is 1.61. The molecule has 3 rings (SSSR count). The first-order chi connectivity index (χ1) is 12.1. The van der Waals surface area contributed by atoms with Crippen LogP contribution in [0.1, 0.15) is 31.8 Å². The standard InChI is InChI=1S/C20H23N3O2/c1-14-6-3-4-7-15(14)19(24)16-8-5-9-17(20(25)21-2)18(16)23-12-10-22-11-13-23/h3-9,22H,10-13H2,1-2H3,(H,21,25). The van der Waals surface area contributed by atoms with E-state index in [1.54, 1.807) is 19.2 Å². The number of hydrogen-bond acceptors (Lipinski definition) is 4. The van der Waals surface area contributed by atoms with Gasteiger partial charge in [0.05, 0.1) is 11.3 Å². The Bertz CT molecular complexity index is 795. The molecular formula is C20H23N3O2. The van der Waals surface area contributed by atoms with Crippen molar-refractivity contribution in [3.8, 4) is 0 Å². The van der Waals surface area contributed by atoms with Crippen molar-refractivity contribution < 1.29 is 9.59 Å². The van der Waals surface area contributed by atoms with E-state index in [-0.39, 0.29) is 11.7 Å². The summed E-state index contributed by atoms with van der Waals surface area (Å²) in [6, 6.07) is 12.9. The molecule has 0 unspecified atom stereocenters. The summed E-state index contributed by atoms with van der Waals surface area (Å²) in [6.45, 7) is 5.13. The van der Waals surface area contributed by atoms with E-state index < -0.39 is 0 Å². The number of hydrogen-bond donors (Lipinski definition) is 2. The number of anilines is 1. The van der Waals surface area contributed by atoms with E-state index in [0.717, 1.165) is 37.4 Å². The number of para-hydroxylation sites is 1. The van der Waals surface area contributed by atoms with Gasteiger partial charge < -0.3 is 15.5 Å². The summed E-state index contributed by atoms with van der Waals surface area (Å²) in [6.07, 6.45) is 0. The van der Waals surface area contributed by atoms with E-state index in [9.17, 15) is 9.59 Å². The molecular weight excluding hydrogens is 314 g/mol. The zero-order valence-electron chi connectivity index (χ0n) is 14.6. The molecule has 1 amide bonds. The van der Waals surface area contributed by atoms with Crippen LogP contribution in [0.2, 0.25) is 0 Å². The minimum atomic E-state index is -0.173. The molecule has 1 aliphatic heterocycles. The van der Waals surface area contributed by atoms with Crippen molar-refractivity contribution in [3.05, 3.63) is 64.7 Å². The molecule has 25 heavy (non-hydrogen) atoms. The zero-order chi connectivity index (χ0) is 17.8. The fourth-order valence-electron chi connectivity index (χ4n) is 3.25. The number of aryl methyl sites for hydroxylation is 1. The summed E-state index contributed by atoms with van der Waals surface area (Å²) >= 11 is 0. The summed E-state index contributed by atoms with van der Waals surface area (Å²) in [5.41, 5.74) is 3.47. The SMILES string of the molecule is CNC(=O)c1cccc(C(=O)c2ccccc2C)c1N1CCNCC1. The van der Waals surface area contributed by atoms with Crippen LogP contribution in [0.25, 0.3) is 0 Å². The number of amides is 1. The molecule has 2 aromatic rings. The molecule has 1 fully saturated rings. The predicted molar refractivity (Wildman–Crippen MR) is 99.5 cm³/mol. The van der Waals surface area contributed by atoms with Crippen LogP contribution in [-0.4, -0.2) is 44.9 Å². The molecule has 130 valence electrons. The Morgan fingerprint density at radius 3 is 2.28 bits per heavy atom. The van der Waals surface area contributed by atoms with Gasteiger partial charge >= 0.3 is 0 Å². The van der Waals surface area contributed by atoms with E-state index in [4.69, 9.17) is 0 Å². The number of rotatable bonds is 4. The molecule has 0 saturated carbocycles. The van der Waals surface area contributed by atoms with Crippen LogP contribution in [0.15, 0.2) is 42.5 Å². The second kappa shape index (κ2) is 7.49. The Balaban J connectivity index is 2.13. The first-order valence-corrected chi connectivity index (χ1v) is 8.54. The van der Waals surface area contributed by atoms with Gasteiger partial charge in [0.15, 0.2) is 5.78 Å². The smallest absolute Gasteiger partial charge is 0.253 e. The molecule has 2 N–H and O–H groups in total. The number of piperazine rings is 1. The largest absolute Gasteiger partial charge is 0.368 e. The number of ketones is 1. The van der Waals surface area contributed by atoms with E-state index in [1.165, 1.54) is 0 Å². The average molecular weight is 337 g/mol. The molecule has 0 radical (unpaired) electrons. The molecule has 5 heteroatoms. The second-order valence-corrected chi connectivity index (χ2v) is 6.16. The van der Waals surface area contributed by atoms with E-state index in [2.05, 4.69) is 15.5 Å². The molecule has 0 aliphatic carbocycles. The van der Waals surface area contributed by atoms with Gasteiger partial charge in [0.2, 0.25) is 0 Å². The molecule has 1 aliphatic rings. The fraction of sp³-hybridized carbons (Fsp3) is 0.300. The van der Waals surface area contributed by atoms with Crippen molar-refractivity contribution in [1.82, 2.24) is 10.6 Å². The summed E-state index contributed by atoms with van der Waals surface area (Å²) in [5.74, 6) is -0.217. The van der Waals surface area contributed by atoms with Crippen molar-refractivity contribution in [2.75, 3.05) is 38.1 Å². The number of benzene rings is 2. The lowest BCUT2D eigenvalue weighted by Gasteiger charge is -2.32. The molecule has 0 aromatic heterocycles. The Hall–Kier alpha value is -2.66. The Morgan fingerprint density at radius 1 is 0.960 bits per heavy atom. The first-order valence-electron chi connectivity index (χ1n) is 8.54. The Morgan fingerprint density at radius 2 is 1.60 bits per heavy atom. The van der Waals surface area contributed by atoms with Gasteiger partial charge in [-0.25, -0.2) is 0 Å². The van der Waals surface area contributed by atoms with Crippen molar-refractivity contribution in [2.24, 2.45) is 0 Å². The molecule has 2 aromatic carbocycles. The van der Waals surface area contributed by atoms with Crippen LogP contribution in [0.3, 0.4) is 0 Å².